The molecular formula is C50H34N10Pt2+4. The standard InChI is InChI=1S/2C25H17N5.2Pt/c2*1-29-14-15-30(17-29)19-7-4-6-18(16-19)25(23-11-13-27-28-23)22-10-3-2-8-20(22)21-9-5-12-26-24(21)25;;/h2*2-15H,1H3;;/q;;2*+2. The number of nitrogens with zero attached hydrogens (tertiary/aromatic N) is 10. The van der Waals surface area contributed by atoms with Crippen molar-refractivity contribution in [3.63, 3.8) is 0 Å². The zero-order valence-corrected chi connectivity index (χ0v) is 37.8. The van der Waals surface area contributed by atoms with Gasteiger partial charge in [-0.15, -0.1) is 23.3 Å². The van der Waals surface area contributed by atoms with Gasteiger partial charge in [0.25, 0.3) is 12.4 Å². The van der Waals surface area contributed by atoms with Crippen LogP contribution in [0.4, 0.5) is 11.4 Å². The summed E-state index contributed by atoms with van der Waals surface area (Å²) in [6.07, 6.45) is 15.0. The Morgan fingerprint density at radius 3 is 1.32 bits per heavy atom. The van der Waals surface area contributed by atoms with E-state index in [4.69, 9.17) is 9.97 Å². The first-order valence-electron chi connectivity index (χ1n) is 19.6. The molecule has 2 aliphatic heterocycles. The molecule has 8 aromatic rings. The summed E-state index contributed by atoms with van der Waals surface area (Å²) in [6.45, 7) is 0. The van der Waals surface area contributed by atoms with E-state index < -0.39 is 10.8 Å². The molecule has 4 aliphatic rings. The molecule has 6 heterocycles. The molecule has 300 valence electrons. The molecule has 2 atom stereocenters. The Morgan fingerprint density at radius 1 is 0.484 bits per heavy atom. The Labute approximate surface area is 387 Å². The minimum atomic E-state index is -0.672. The number of hydrogen-bond acceptors (Lipinski definition) is 4. The van der Waals surface area contributed by atoms with Crippen LogP contribution in [0.25, 0.3) is 22.3 Å². The third kappa shape index (κ3) is 6.18. The van der Waals surface area contributed by atoms with Gasteiger partial charge in [0.15, 0.2) is 14.1 Å². The smallest absolute Gasteiger partial charge is 0.581 e. The van der Waals surface area contributed by atoms with Crippen LogP contribution in [-0.4, -0.2) is 64.6 Å². The monoisotopic (exact) mass is 1160 g/mol. The van der Waals surface area contributed by atoms with Crippen LogP contribution in [0.2, 0.25) is 0 Å². The SMILES string of the molecule is C[N+]1=C=[N+](c2[c-]c(C3(c4cc[n-]n4)c4ccccc4-c4cccnc43)ccc2)C=C1.C[N+]1=C=[N+](c2[c-]c(C3(c4cc[n-]n4)c4ccccc4-c4cccnc43)ccc2)C=C1.[Pt+2].[Pt+2]. The van der Waals surface area contributed by atoms with Crippen molar-refractivity contribution in [2.75, 3.05) is 14.1 Å². The number of benzene rings is 4. The molecule has 0 N–H and O–H groups in total. The van der Waals surface area contributed by atoms with Crippen molar-refractivity contribution in [2.24, 2.45) is 0 Å². The fraction of sp³-hybridized carbons (Fsp3) is 0.0800. The maximum atomic E-state index is 4.86. The van der Waals surface area contributed by atoms with Crippen molar-refractivity contribution < 1.29 is 60.4 Å². The van der Waals surface area contributed by atoms with E-state index in [1.807, 2.05) is 106 Å². The minimum absolute atomic E-state index is 0. The molecule has 10 nitrogen and oxygen atoms in total. The Kier molecular flexibility index (Phi) is 10.6. The number of rotatable bonds is 6. The maximum absolute atomic E-state index is 4.86. The summed E-state index contributed by atoms with van der Waals surface area (Å²) < 4.78 is 7.66. The van der Waals surface area contributed by atoms with Crippen LogP contribution < -0.4 is 10.2 Å². The number of pyridine rings is 2. The van der Waals surface area contributed by atoms with E-state index >= 15 is 0 Å². The summed E-state index contributed by atoms with van der Waals surface area (Å²) in [5, 5.41) is 17.4. The van der Waals surface area contributed by atoms with Gasteiger partial charge in [0.2, 0.25) is 12.4 Å². The Hall–Kier alpha value is -6.78. The molecule has 0 amide bonds. The maximum Gasteiger partial charge on any atom is 2.00 e. The predicted octanol–water partition coefficient (Wildman–Crippen LogP) is 7.08. The molecule has 0 saturated carbocycles. The van der Waals surface area contributed by atoms with Crippen molar-refractivity contribution in [1.29, 1.82) is 0 Å². The normalized spacial score (nSPS) is 18.1. The fourth-order valence-corrected chi connectivity index (χ4v) is 9.10. The van der Waals surface area contributed by atoms with Crippen LogP contribution in [0.5, 0.6) is 0 Å². The van der Waals surface area contributed by atoms with Gasteiger partial charge in [0.1, 0.15) is 11.4 Å². The third-order valence-corrected chi connectivity index (χ3v) is 11.6. The third-order valence-electron chi connectivity index (χ3n) is 11.6. The molecule has 0 saturated heterocycles. The van der Waals surface area contributed by atoms with E-state index in [2.05, 4.69) is 129 Å². The van der Waals surface area contributed by atoms with Gasteiger partial charge in [-0.25, -0.2) is 0 Å². The van der Waals surface area contributed by atoms with Crippen LogP contribution >= 0.6 is 0 Å². The Morgan fingerprint density at radius 2 is 0.919 bits per heavy atom. The van der Waals surface area contributed by atoms with Gasteiger partial charge in [-0.1, -0.05) is 103 Å². The van der Waals surface area contributed by atoms with Crippen molar-refractivity contribution >= 4 is 23.4 Å². The van der Waals surface area contributed by atoms with Crippen molar-refractivity contribution in [3.05, 3.63) is 228 Å². The van der Waals surface area contributed by atoms with E-state index in [1.54, 1.807) is 12.4 Å². The molecule has 2 aliphatic carbocycles. The van der Waals surface area contributed by atoms with Crippen molar-refractivity contribution in [3.8, 4) is 22.3 Å². The fourth-order valence-electron chi connectivity index (χ4n) is 9.10. The van der Waals surface area contributed by atoms with Gasteiger partial charge < -0.3 is 20.4 Å². The molecule has 4 aromatic carbocycles. The molecule has 4 aromatic heterocycles. The second-order valence-electron chi connectivity index (χ2n) is 14.9. The van der Waals surface area contributed by atoms with Crippen LogP contribution in [0.15, 0.2) is 171 Å². The van der Waals surface area contributed by atoms with Gasteiger partial charge in [0, 0.05) is 34.9 Å². The average Bonchev–Trinajstić information content (AvgIpc) is 4.17. The van der Waals surface area contributed by atoms with E-state index in [1.165, 1.54) is 11.1 Å². The molecule has 2 unspecified atom stereocenters. The summed E-state index contributed by atoms with van der Waals surface area (Å²) in [5.74, 6) is 0. The second-order valence-corrected chi connectivity index (χ2v) is 14.9. The second kappa shape index (κ2) is 16.2. The van der Waals surface area contributed by atoms with Gasteiger partial charge >= 0.3 is 54.1 Å². The van der Waals surface area contributed by atoms with E-state index in [-0.39, 0.29) is 42.1 Å². The topological polar surface area (TPSA) is 91.8 Å². The largest absolute Gasteiger partial charge is 2.00 e. The number of aromatic nitrogens is 6. The Balaban J connectivity index is 0.000000153. The zero-order valence-electron chi connectivity index (χ0n) is 33.3. The molecule has 12 rings (SSSR count). The molecule has 62 heavy (non-hydrogen) atoms. The molecule has 0 spiro atoms. The first-order valence-corrected chi connectivity index (χ1v) is 19.6. The molecule has 0 fully saturated rings. The number of hydrogen-bond donors (Lipinski definition) is 0. The van der Waals surface area contributed by atoms with E-state index in [9.17, 15) is 0 Å². The molecular weight excluding hydrogens is 1130 g/mol. The summed E-state index contributed by atoms with van der Waals surface area (Å²) in [5.41, 5.74) is 12.9. The quantitative estimate of drug-likeness (QED) is 0.131. The van der Waals surface area contributed by atoms with Gasteiger partial charge in [-0.2, -0.15) is 36.7 Å². The first-order chi connectivity index (χ1) is 29.6. The molecule has 0 bridgehead atoms. The van der Waals surface area contributed by atoms with Crippen molar-refractivity contribution in [2.45, 2.75) is 10.8 Å². The molecule has 12 heteroatoms. The number of fused-ring (bicyclic) bond motifs is 6. The summed E-state index contributed by atoms with van der Waals surface area (Å²) in [4.78, 5) is 9.72. The summed E-state index contributed by atoms with van der Waals surface area (Å²) in [6, 6.07) is 55.2. The van der Waals surface area contributed by atoms with E-state index in [0.29, 0.717) is 0 Å². The van der Waals surface area contributed by atoms with Gasteiger partial charge in [-0.05, 0) is 34.4 Å². The van der Waals surface area contributed by atoms with Gasteiger partial charge in [0.05, 0.1) is 22.2 Å². The first kappa shape index (κ1) is 40.6. The Bertz CT molecular complexity index is 2920. The van der Waals surface area contributed by atoms with Crippen LogP contribution in [0.3, 0.4) is 0 Å². The molecule has 0 radical (unpaired) electrons. The predicted molar refractivity (Wildman–Crippen MR) is 223 cm³/mol. The van der Waals surface area contributed by atoms with Crippen LogP contribution in [-0.2, 0) is 53.0 Å². The minimum Gasteiger partial charge on any atom is -0.581 e. The zero-order chi connectivity index (χ0) is 40.3. The van der Waals surface area contributed by atoms with Crippen molar-refractivity contribution in [1.82, 2.24) is 30.4 Å². The summed E-state index contributed by atoms with van der Waals surface area (Å²) >= 11 is 0. The summed E-state index contributed by atoms with van der Waals surface area (Å²) in [7, 11) is 3.91. The van der Waals surface area contributed by atoms with Gasteiger partial charge in [-0.3, -0.25) is 9.97 Å². The van der Waals surface area contributed by atoms with Crippen LogP contribution in [0, 0.1) is 12.1 Å². The van der Waals surface area contributed by atoms with Crippen LogP contribution in [0.1, 0.15) is 45.0 Å². The van der Waals surface area contributed by atoms with E-state index in [0.717, 1.165) is 67.5 Å². The average molecular weight is 1170 g/mol.